The summed E-state index contributed by atoms with van der Waals surface area (Å²) in [6.07, 6.45) is 0.934. The molecule has 0 bridgehead atoms. The van der Waals surface area contributed by atoms with Crippen LogP contribution in [0.25, 0.3) is 10.8 Å². The molecule has 2 aromatic rings. The second-order valence-electron chi connectivity index (χ2n) is 4.17. The molecule has 2 aromatic carbocycles. The van der Waals surface area contributed by atoms with Crippen LogP contribution in [0.3, 0.4) is 0 Å². The molecule has 0 spiro atoms. The summed E-state index contributed by atoms with van der Waals surface area (Å²) in [6, 6.07) is 13.0. The number of aryl methyl sites for hydroxylation is 1. The van der Waals surface area contributed by atoms with Gasteiger partial charge in [0.05, 0.1) is 0 Å². The zero-order chi connectivity index (χ0) is 11.5. The summed E-state index contributed by atoms with van der Waals surface area (Å²) in [7, 11) is 4.14. The van der Waals surface area contributed by atoms with Gasteiger partial charge in [0.2, 0.25) is 0 Å². The largest absolute Gasteiger partial charge is 0.377 e. The van der Waals surface area contributed by atoms with E-state index in [0.29, 0.717) is 5.88 Å². The first-order valence-corrected chi connectivity index (χ1v) is 6.01. The van der Waals surface area contributed by atoms with Crippen LogP contribution in [-0.2, 0) is 6.42 Å². The lowest BCUT2D eigenvalue weighted by molar-refractivity contribution is 1.14. The highest BCUT2D eigenvalue weighted by atomic mass is 35.5. The lowest BCUT2D eigenvalue weighted by Gasteiger charge is -2.15. The van der Waals surface area contributed by atoms with Gasteiger partial charge < -0.3 is 4.90 Å². The number of nitrogens with zero attached hydrogens (tertiary/aromatic N) is 1. The Balaban J connectivity index is 2.55. The molecule has 0 saturated heterocycles. The average molecular weight is 234 g/mol. The van der Waals surface area contributed by atoms with Crippen LogP contribution in [0, 0.1) is 0 Å². The van der Waals surface area contributed by atoms with Gasteiger partial charge in [-0.3, -0.25) is 0 Å². The number of hydrogen-bond acceptors (Lipinski definition) is 1. The van der Waals surface area contributed by atoms with Gasteiger partial charge in [0.1, 0.15) is 0 Å². The van der Waals surface area contributed by atoms with Crippen molar-refractivity contribution in [2.45, 2.75) is 6.42 Å². The standard InChI is InChI=1S/C14H16ClN/c1-16(2)14-5-3-4-12-10-11(8-9-15)6-7-13(12)14/h3-7,10H,8-9H2,1-2H3. The third-order valence-electron chi connectivity index (χ3n) is 2.79. The van der Waals surface area contributed by atoms with Gasteiger partial charge in [0, 0.05) is 31.0 Å². The van der Waals surface area contributed by atoms with E-state index < -0.39 is 0 Å². The molecule has 0 amide bonds. The Labute approximate surface area is 102 Å². The topological polar surface area (TPSA) is 3.24 Å². The molecular formula is C14H16ClN. The molecule has 16 heavy (non-hydrogen) atoms. The smallest absolute Gasteiger partial charge is 0.0440 e. The molecule has 0 atom stereocenters. The SMILES string of the molecule is CN(C)c1cccc2cc(CCCl)ccc12. The quantitative estimate of drug-likeness (QED) is 0.731. The predicted octanol–water partition coefficient (Wildman–Crippen LogP) is 3.69. The maximum atomic E-state index is 5.76. The van der Waals surface area contributed by atoms with E-state index in [1.807, 2.05) is 0 Å². The van der Waals surface area contributed by atoms with Crippen LogP contribution in [0.5, 0.6) is 0 Å². The van der Waals surface area contributed by atoms with Crippen molar-refractivity contribution in [3.05, 3.63) is 42.0 Å². The zero-order valence-corrected chi connectivity index (χ0v) is 10.5. The lowest BCUT2D eigenvalue weighted by Crippen LogP contribution is -2.08. The van der Waals surface area contributed by atoms with Gasteiger partial charge in [-0.05, 0) is 23.4 Å². The van der Waals surface area contributed by atoms with Gasteiger partial charge in [-0.15, -0.1) is 11.6 Å². The van der Waals surface area contributed by atoms with Crippen LogP contribution in [0.15, 0.2) is 36.4 Å². The first-order valence-electron chi connectivity index (χ1n) is 5.47. The molecule has 1 nitrogen and oxygen atoms in total. The Morgan fingerprint density at radius 2 is 1.94 bits per heavy atom. The summed E-state index contributed by atoms with van der Waals surface area (Å²) in [5, 5.41) is 2.58. The third-order valence-corrected chi connectivity index (χ3v) is 2.98. The summed E-state index contributed by atoms with van der Waals surface area (Å²) in [4.78, 5) is 2.14. The van der Waals surface area contributed by atoms with Crippen LogP contribution in [0.4, 0.5) is 5.69 Å². The molecule has 0 aromatic heterocycles. The second-order valence-corrected chi connectivity index (χ2v) is 4.54. The predicted molar refractivity (Wildman–Crippen MR) is 72.7 cm³/mol. The highest BCUT2D eigenvalue weighted by Gasteiger charge is 2.03. The third kappa shape index (κ3) is 2.14. The molecular weight excluding hydrogens is 218 g/mol. The summed E-state index contributed by atoms with van der Waals surface area (Å²) >= 11 is 5.76. The van der Waals surface area contributed by atoms with Gasteiger partial charge in [-0.25, -0.2) is 0 Å². The van der Waals surface area contributed by atoms with Crippen LogP contribution in [0.1, 0.15) is 5.56 Å². The van der Waals surface area contributed by atoms with Crippen molar-refractivity contribution < 1.29 is 0 Å². The number of hydrogen-bond donors (Lipinski definition) is 0. The molecule has 0 aliphatic heterocycles. The van der Waals surface area contributed by atoms with Crippen molar-refractivity contribution in [1.29, 1.82) is 0 Å². The molecule has 84 valence electrons. The maximum absolute atomic E-state index is 5.76. The fourth-order valence-electron chi connectivity index (χ4n) is 1.97. The van der Waals surface area contributed by atoms with Gasteiger partial charge in [0.25, 0.3) is 0 Å². The van der Waals surface area contributed by atoms with Crippen molar-refractivity contribution in [2.24, 2.45) is 0 Å². The van der Waals surface area contributed by atoms with Crippen LogP contribution in [0.2, 0.25) is 0 Å². The number of fused-ring (bicyclic) bond motifs is 1. The van der Waals surface area contributed by atoms with E-state index in [0.717, 1.165) is 6.42 Å². The van der Waals surface area contributed by atoms with E-state index >= 15 is 0 Å². The molecule has 0 unspecified atom stereocenters. The molecule has 0 fully saturated rings. The molecule has 0 N–H and O–H groups in total. The van der Waals surface area contributed by atoms with Crippen molar-refractivity contribution in [1.82, 2.24) is 0 Å². The van der Waals surface area contributed by atoms with Crippen molar-refractivity contribution >= 4 is 28.1 Å². The Bertz CT molecular complexity index is 491. The molecule has 0 heterocycles. The van der Waals surface area contributed by atoms with E-state index in [2.05, 4.69) is 55.4 Å². The second kappa shape index (κ2) is 4.75. The number of halogens is 1. The maximum Gasteiger partial charge on any atom is 0.0440 e. The van der Waals surface area contributed by atoms with E-state index in [1.165, 1.54) is 22.0 Å². The van der Waals surface area contributed by atoms with E-state index in [4.69, 9.17) is 11.6 Å². The van der Waals surface area contributed by atoms with Gasteiger partial charge in [-0.2, -0.15) is 0 Å². The monoisotopic (exact) mass is 233 g/mol. The Morgan fingerprint density at radius 3 is 2.62 bits per heavy atom. The lowest BCUT2D eigenvalue weighted by atomic mass is 10.0. The highest BCUT2D eigenvalue weighted by molar-refractivity contribution is 6.18. The normalized spacial score (nSPS) is 10.7. The van der Waals surface area contributed by atoms with Crippen LogP contribution in [-0.4, -0.2) is 20.0 Å². The highest BCUT2D eigenvalue weighted by Crippen LogP contribution is 2.26. The van der Waals surface area contributed by atoms with Crippen molar-refractivity contribution in [2.75, 3.05) is 24.9 Å². The summed E-state index contributed by atoms with van der Waals surface area (Å²) < 4.78 is 0. The minimum absolute atomic E-state index is 0.679. The van der Waals surface area contributed by atoms with Gasteiger partial charge in [-0.1, -0.05) is 30.3 Å². The van der Waals surface area contributed by atoms with Gasteiger partial charge in [0.15, 0.2) is 0 Å². The van der Waals surface area contributed by atoms with Gasteiger partial charge >= 0.3 is 0 Å². The summed E-state index contributed by atoms with van der Waals surface area (Å²) in [6.45, 7) is 0. The molecule has 0 aliphatic rings. The molecule has 0 saturated carbocycles. The number of rotatable bonds is 3. The minimum Gasteiger partial charge on any atom is -0.377 e. The van der Waals surface area contributed by atoms with Crippen LogP contribution < -0.4 is 4.90 Å². The summed E-state index contributed by atoms with van der Waals surface area (Å²) in [5.41, 5.74) is 2.56. The first-order chi connectivity index (χ1) is 7.72. The fraction of sp³-hybridized carbons (Fsp3) is 0.286. The number of benzene rings is 2. The first kappa shape index (κ1) is 11.3. The fourth-order valence-corrected chi connectivity index (χ4v) is 2.19. The average Bonchev–Trinajstić information content (AvgIpc) is 2.28. The molecule has 0 aliphatic carbocycles. The van der Waals surface area contributed by atoms with E-state index in [9.17, 15) is 0 Å². The van der Waals surface area contributed by atoms with E-state index in [-0.39, 0.29) is 0 Å². The summed E-state index contributed by atoms with van der Waals surface area (Å²) in [5.74, 6) is 0.679. The van der Waals surface area contributed by atoms with Crippen molar-refractivity contribution in [3.63, 3.8) is 0 Å². The Kier molecular flexibility index (Phi) is 3.35. The van der Waals surface area contributed by atoms with Crippen LogP contribution >= 0.6 is 11.6 Å². The van der Waals surface area contributed by atoms with Crippen molar-refractivity contribution in [3.8, 4) is 0 Å². The zero-order valence-electron chi connectivity index (χ0n) is 9.70. The molecule has 2 heteroatoms. The molecule has 2 rings (SSSR count). The Morgan fingerprint density at radius 1 is 1.12 bits per heavy atom. The van der Waals surface area contributed by atoms with E-state index in [1.54, 1.807) is 0 Å². The minimum atomic E-state index is 0.679. The Hall–Kier alpha value is -1.21. The number of anilines is 1. The number of alkyl halides is 1. The molecule has 0 radical (unpaired) electrons.